The van der Waals surface area contributed by atoms with Gasteiger partial charge in [-0.05, 0) is 129 Å². The highest BCUT2D eigenvalue weighted by Crippen LogP contribution is 2.63. The molecule has 1 unspecified atom stereocenters. The number of fused-ring (bicyclic) bond motifs is 13. The molecule has 0 bridgehead atoms. The first-order valence-corrected chi connectivity index (χ1v) is 22.6. The number of para-hydroxylation sites is 7. The average molecular weight is 827 g/mol. The van der Waals surface area contributed by atoms with Crippen molar-refractivity contribution in [3.8, 4) is 22.3 Å². The summed E-state index contributed by atoms with van der Waals surface area (Å²) in [6, 6.07) is 76.7. The van der Waals surface area contributed by atoms with Gasteiger partial charge in [0.2, 0.25) is 0 Å². The van der Waals surface area contributed by atoms with Gasteiger partial charge in [0.05, 0.1) is 39.5 Å². The first kappa shape index (κ1) is 36.2. The molecule has 5 heteroatoms. The van der Waals surface area contributed by atoms with Crippen LogP contribution < -0.4 is 19.6 Å². The van der Waals surface area contributed by atoms with Crippen LogP contribution in [-0.2, 0) is 12.0 Å². The van der Waals surface area contributed by atoms with Gasteiger partial charge in [-0.15, -0.1) is 0 Å². The minimum Gasteiger partial charge on any atom is -0.344 e. The van der Waals surface area contributed by atoms with E-state index in [1.807, 2.05) is 11.8 Å². The summed E-state index contributed by atoms with van der Waals surface area (Å²) < 4.78 is 0. The summed E-state index contributed by atoms with van der Waals surface area (Å²) in [4.78, 5) is 12.2. The predicted octanol–water partition coefficient (Wildman–Crippen LogP) is 15.2. The fourth-order valence-corrected chi connectivity index (χ4v) is 12.3. The monoisotopic (exact) mass is 826 g/mol. The Hall–Kier alpha value is -7.47. The van der Waals surface area contributed by atoms with Crippen LogP contribution in [0, 0.1) is 0 Å². The Bertz CT molecular complexity index is 3270. The number of hydrogen-bond acceptors (Lipinski definition) is 5. The molecule has 3 aliphatic heterocycles. The van der Waals surface area contributed by atoms with E-state index in [9.17, 15) is 0 Å². The molecule has 0 aromatic heterocycles. The highest BCUT2D eigenvalue weighted by Gasteiger charge is 2.52. The Kier molecular flexibility index (Phi) is 7.91. The molecule has 0 saturated carbocycles. The van der Waals surface area contributed by atoms with Gasteiger partial charge in [0, 0.05) is 47.5 Å². The Morgan fingerprint density at radius 1 is 0.397 bits per heavy atom. The molecule has 1 spiro atoms. The summed E-state index contributed by atoms with van der Waals surface area (Å²) in [6.07, 6.45) is 0. The van der Waals surface area contributed by atoms with Crippen molar-refractivity contribution in [3.05, 3.63) is 234 Å². The summed E-state index contributed by atoms with van der Waals surface area (Å²) in [5.41, 5.74) is 22.0. The van der Waals surface area contributed by atoms with E-state index in [2.05, 4.69) is 240 Å². The molecule has 9 aromatic rings. The molecular weight excluding hydrogens is 785 g/mol. The van der Waals surface area contributed by atoms with Gasteiger partial charge in [-0.1, -0.05) is 139 Å². The third-order valence-electron chi connectivity index (χ3n) is 13.9. The SMILES string of the molecule is CN1c2ccccc2Sc2cc(-c3ccc4c(c3)C3(c5ccccc5-c5c(CN6c7ccccc7N(c7ccccc7)c7ccccc76)cccc53)c3ccccc3N4C)ccc21. The molecule has 3 heterocycles. The van der Waals surface area contributed by atoms with Crippen LogP contribution in [0.1, 0.15) is 27.8 Å². The van der Waals surface area contributed by atoms with E-state index >= 15 is 0 Å². The van der Waals surface area contributed by atoms with Gasteiger partial charge in [0.15, 0.2) is 0 Å². The minimum atomic E-state index is -0.541. The minimum absolute atomic E-state index is 0.541. The van der Waals surface area contributed by atoms with Crippen LogP contribution in [0.5, 0.6) is 0 Å². The highest BCUT2D eigenvalue weighted by molar-refractivity contribution is 7.99. The molecule has 1 aliphatic carbocycles. The lowest BCUT2D eigenvalue weighted by atomic mass is 9.64. The fraction of sp³-hybridized carbons (Fsp3) is 0.0690. The molecule has 0 N–H and O–H groups in total. The average Bonchev–Trinajstić information content (AvgIpc) is 3.64. The number of hydrogen-bond donors (Lipinski definition) is 0. The largest absolute Gasteiger partial charge is 0.344 e. The van der Waals surface area contributed by atoms with Crippen molar-refractivity contribution in [2.45, 2.75) is 21.8 Å². The second-order valence-electron chi connectivity index (χ2n) is 17.0. The molecule has 0 radical (unpaired) electrons. The number of benzene rings is 9. The molecule has 1 atom stereocenters. The summed E-state index contributed by atoms with van der Waals surface area (Å²) in [5, 5.41) is 0. The topological polar surface area (TPSA) is 13.0 Å². The van der Waals surface area contributed by atoms with Crippen LogP contribution in [0.4, 0.5) is 51.2 Å². The molecule has 300 valence electrons. The van der Waals surface area contributed by atoms with Crippen molar-refractivity contribution >= 4 is 62.9 Å². The van der Waals surface area contributed by atoms with E-state index in [1.165, 1.54) is 105 Å². The maximum atomic E-state index is 2.53. The van der Waals surface area contributed by atoms with E-state index in [1.54, 1.807) is 0 Å². The Labute approximate surface area is 372 Å². The van der Waals surface area contributed by atoms with Gasteiger partial charge in [-0.2, -0.15) is 0 Å². The zero-order valence-electron chi connectivity index (χ0n) is 35.0. The second kappa shape index (κ2) is 13.8. The van der Waals surface area contributed by atoms with Gasteiger partial charge in [0.25, 0.3) is 0 Å². The third kappa shape index (κ3) is 5.11. The van der Waals surface area contributed by atoms with Gasteiger partial charge < -0.3 is 19.6 Å². The molecular formula is C58H42N4S. The maximum Gasteiger partial charge on any atom is 0.0754 e. The smallest absolute Gasteiger partial charge is 0.0754 e. The Morgan fingerprint density at radius 3 is 1.70 bits per heavy atom. The van der Waals surface area contributed by atoms with E-state index in [0.717, 1.165) is 5.69 Å². The number of rotatable bonds is 4. The van der Waals surface area contributed by atoms with Crippen molar-refractivity contribution in [1.29, 1.82) is 0 Å². The lowest BCUT2D eigenvalue weighted by Gasteiger charge is -2.44. The van der Waals surface area contributed by atoms with E-state index in [-0.39, 0.29) is 0 Å². The van der Waals surface area contributed by atoms with Crippen LogP contribution >= 0.6 is 11.8 Å². The standard InChI is InChI=1S/C58H42N4S/c1-59-47-24-9-8-22-44(47)58(46-35-38(31-33-48(46)59)39-32-34-54-56(36-39)63-55-30-15-14-29-53(55)60(54)2)43-21-7-6-20-42(43)57-40(17-16-23-45(57)58)37-61-49-25-10-12-27-51(49)62(41-18-4-3-5-19-41)52-28-13-11-26-50(52)61/h3-36H,37H2,1-2H3. The van der Waals surface area contributed by atoms with Gasteiger partial charge in [0.1, 0.15) is 0 Å². The fourth-order valence-electron chi connectivity index (χ4n) is 11.1. The van der Waals surface area contributed by atoms with E-state index in [4.69, 9.17) is 0 Å². The van der Waals surface area contributed by atoms with Crippen molar-refractivity contribution in [1.82, 2.24) is 0 Å². The second-order valence-corrected chi connectivity index (χ2v) is 18.1. The van der Waals surface area contributed by atoms with Crippen molar-refractivity contribution in [2.24, 2.45) is 0 Å². The van der Waals surface area contributed by atoms with E-state index < -0.39 is 5.41 Å². The summed E-state index contributed by atoms with van der Waals surface area (Å²) in [5.74, 6) is 0. The van der Waals surface area contributed by atoms with Crippen LogP contribution in [-0.4, -0.2) is 14.1 Å². The maximum absolute atomic E-state index is 2.53. The van der Waals surface area contributed by atoms with Gasteiger partial charge in [-0.3, -0.25) is 0 Å². The molecule has 13 rings (SSSR count). The van der Waals surface area contributed by atoms with Crippen LogP contribution in [0.15, 0.2) is 216 Å². The quantitative estimate of drug-likeness (QED) is 0.175. The molecule has 4 aliphatic rings. The number of nitrogens with zero attached hydrogens (tertiary/aromatic N) is 4. The molecule has 4 nitrogen and oxygen atoms in total. The zero-order chi connectivity index (χ0) is 41.8. The Balaban J connectivity index is 1.00. The first-order chi connectivity index (χ1) is 31.1. The molecule has 0 amide bonds. The van der Waals surface area contributed by atoms with Crippen LogP contribution in [0.3, 0.4) is 0 Å². The summed E-state index contributed by atoms with van der Waals surface area (Å²) >= 11 is 1.86. The van der Waals surface area contributed by atoms with Crippen molar-refractivity contribution in [2.75, 3.05) is 33.7 Å². The van der Waals surface area contributed by atoms with Gasteiger partial charge in [-0.25, -0.2) is 0 Å². The van der Waals surface area contributed by atoms with Crippen molar-refractivity contribution in [3.63, 3.8) is 0 Å². The van der Waals surface area contributed by atoms with Crippen LogP contribution in [0.25, 0.3) is 22.3 Å². The molecule has 9 aromatic carbocycles. The van der Waals surface area contributed by atoms with E-state index in [0.29, 0.717) is 6.54 Å². The Morgan fingerprint density at radius 2 is 0.937 bits per heavy atom. The highest BCUT2D eigenvalue weighted by atomic mass is 32.2. The van der Waals surface area contributed by atoms with Gasteiger partial charge >= 0.3 is 0 Å². The molecule has 0 fully saturated rings. The number of anilines is 9. The normalized spacial score (nSPS) is 16.0. The lowest BCUT2D eigenvalue weighted by molar-refractivity contribution is 0.747. The molecule has 0 saturated heterocycles. The van der Waals surface area contributed by atoms with Crippen LogP contribution in [0.2, 0.25) is 0 Å². The lowest BCUT2D eigenvalue weighted by Crippen LogP contribution is -2.36. The zero-order valence-corrected chi connectivity index (χ0v) is 35.9. The third-order valence-corrected chi connectivity index (χ3v) is 15.0. The predicted molar refractivity (Wildman–Crippen MR) is 263 cm³/mol. The molecule has 63 heavy (non-hydrogen) atoms. The first-order valence-electron chi connectivity index (χ1n) is 21.8. The summed E-state index contributed by atoms with van der Waals surface area (Å²) in [6.45, 7) is 0.711. The van der Waals surface area contributed by atoms with Crippen molar-refractivity contribution < 1.29 is 0 Å². The summed E-state index contributed by atoms with van der Waals surface area (Å²) in [7, 11) is 4.41.